The first-order valence-electron chi connectivity index (χ1n) is 10.2. The minimum atomic E-state index is -0.270. The summed E-state index contributed by atoms with van der Waals surface area (Å²) in [6, 6.07) is 13.0. The number of aromatic nitrogens is 2. The zero-order valence-electron chi connectivity index (χ0n) is 17.7. The van der Waals surface area contributed by atoms with Gasteiger partial charge in [-0.15, -0.1) is 0 Å². The van der Waals surface area contributed by atoms with Crippen LogP contribution >= 0.6 is 11.6 Å². The summed E-state index contributed by atoms with van der Waals surface area (Å²) in [4.78, 5) is 15.0. The van der Waals surface area contributed by atoms with Crippen LogP contribution in [0.25, 0.3) is 11.3 Å². The summed E-state index contributed by atoms with van der Waals surface area (Å²) in [5.74, 6) is 0.00827. The van der Waals surface area contributed by atoms with Crippen LogP contribution in [0.4, 0.5) is 0 Å². The van der Waals surface area contributed by atoms with Gasteiger partial charge in [0.05, 0.1) is 6.04 Å². The molecule has 1 atom stereocenters. The second-order valence-electron chi connectivity index (χ2n) is 8.80. The Bertz CT molecular complexity index is 1100. The highest BCUT2D eigenvalue weighted by atomic mass is 35.5. The summed E-state index contributed by atoms with van der Waals surface area (Å²) in [5.41, 5.74) is 4.64. The van der Waals surface area contributed by atoms with Crippen LogP contribution in [0.15, 0.2) is 42.5 Å². The average molecular weight is 424 g/mol. The van der Waals surface area contributed by atoms with Crippen molar-refractivity contribution in [2.75, 3.05) is 6.54 Å². The second-order valence-corrected chi connectivity index (χ2v) is 9.23. The van der Waals surface area contributed by atoms with Gasteiger partial charge in [-0.1, -0.05) is 63.6 Å². The van der Waals surface area contributed by atoms with Gasteiger partial charge in [-0.3, -0.25) is 9.89 Å². The molecule has 0 saturated carbocycles. The lowest BCUT2D eigenvalue weighted by Crippen LogP contribution is -2.30. The van der Waals surface area contributed by atoms with Crippen molar-refractivity contribution in [3.05, 3.63) is 69.9 Å². The van der Waals surface area contributed by atoms with Gasteiger partial charge in [0.2, 0.25) is 0 Å². The van der Waals surface area contributed by atoms with Crippen LogP contribution < -0.4 is 0 Å². The number of aromatic amines is 1. The molecule has 0 spiro atoms. The molecule has 0 fully saturated rings. The van der Waals surface area contributed by atoms with E-state index in [1.807, 2.05) is 4.90 Å². The van der Waals surface area contributed by atoms with Gasteiger partial charge < -0.3 is 10.0 Å². The van der Waals surface area contributed by atoms with E-state index in [0.717, 1.165) is 17.5 Å². The number of nitrogens with zero attached hydrogens (tertiary/aromatic N) is 2. The van der Waals surface area contributed by atoms with Crippen molar-refractivity contribution in [2.45, 2.75) is 45.6 Å². The van der Waals surface area contributed by atoms with E-state index in [4.69, 9.17) is 11.6 Å². The van der Waals surface area contributed by atoms with Crippen LogP contribution in [-0.4, -0.2) is 32.7 Å². The molecule has 2 aromatic carbocycles. The number of H-pyrrole nitrogens is 1. The van der Waals surface area contributed by atoms with Crippen molar-refractivity contribution >= 4 is 17.5 Å². The maximum Gasteiger partial charge on any atom is 0.273 e. The Balaban J connectivity index is 1.88. The number of rotatable bonds is 4. The number of nitrogens with one attached hydrogen (secondary N) is 1. The SMILES string of the molecule is CCCN1C(=O)c2[nH]nc(-c3cc(Cl)ccc3O)c2C1c1ccc(C(C)(C)C)cc1. The second kappa shape index (κ2) is 7.47. The first-order valence-corrected chi connectivity index (χ1v) is 10.6. The topological polar surface area (TPSA) is 69.2 Å². The number of phenols is 1. The Hall–Kier alpha value is -2.79. The van der Waals surface area contributed by atoms with Crippen molar-refractivity contribution in [1.82, 2.24) is 15.1 Å². The number of hydrogen-bond donors (Lipinski definition) is 2. The third-order valence-corrected chi connectivity index (χ3v) is 5.87. The van der Waals surface area contributed by atoms with Gasteiger partial charge in [0.25, 0.3) is 5.91 Å². The van der Waals surface area contributed by atoms with Crippen LogP contribution in [0.2, 0.25) is 5.02 Å². The Kier molecular flexibility index (Phi) is 5.10. The first kappa shape index (κ1) is 20.5. The number of benzene rings is 2. The van der Waals surface area contributed by atoms with E-state index in [2.05, 4.69) is 62.2 Å². The molecule has 5 nitrogen and oxygen atoms in total. The standard InChI is InChI=1S/C24H26ClN3O2/c1-5-12-28-22(14-6-8-15(9-7-14)24(2,3)4)19-20(26-27-21(19)23(28)30)17-13-16(25)10-11-18(17)29/h6-11,13,22,29H,5,12H2,1-4H3,(H,26,27). The quantitative estimate of drug-likeness (QED) is 0.566. The van der Waals surface area contributed by atoms with Crippen molar-refractivity contribution in [3.8, 4) is 17.0 Å². The van der Waals surface area contributed by atoms with E-state index in [0.29, 0.717) is 28.5 Å². The minimum absolute atomic E-state index is 0.0473. The highest BCUT2D eigenvalue weighted by molar-refractivity contribution is 6.31. The van der Waals surface area contributed by atoms with Crippen molar-refractivity contribution in [2.24, 2.45) is 0 Å². The molecule has 0 radical (unpaired) electrons. The molecular formula is C24H26ClN3O2. The molecule has 3 aromatic rings. The number of halogens is 1. The van der Waals surface area contributed by atoms with Gasteiger partial charge in [0.15, 0.2) is 0 Å². The lowest BCUT2D eigenvalue weighted by molar-refractivity contribution is 0.0744. The molecule has 156 valence electrons. The van der Waals surface area contributed by atoms with Crippen LogP contribution in [0.5, 0.6) is 5.75 Å². The van der Waals surface area contributed by atoms with Crippen molar-refractivity contribution < 1.29 is 9.90 Å². The van der Waals surface area contributed by atoms with E-state index < -0.39 is 0 Å². The van der Waals surface area contributed by atoms with Crippen molar-refractivity contribution in [3.63, 3.8) is 0 Å². The van der Waals surface area contributed by atoms with Gasteiger partial charge in [-0.05, 0) is 41.2 Å². The fourth-order valence-electron chi connectivity index (χ4n) is 4.08. The van der Waals surface area contributed by atoms with Gasteiger partial charge in [0, 0.05) is 22.7 Å². The molecule has 2 heterocycles. The largest absolute Gasteiger partial charge is 0.507 e. The number of aromatic hydroxyl groups is 1. The molecular weight excluding hydrogens is 398 g/mol. The predicted octanol–water partition coefficient (Wildman–Crippen LogP) is 5.69. The smallest absolute Gasteiger partial charge is 0.273 e. The Morgan fingerprint density at radius 1 is 1.17 bits per heavy atom. The number of amides is 1. The van der Waals surface area contributed by atoms with E-state index in [1.165, 1.54) is 5.56 Å². The average Bonchev–Trinajstić information content (AvgIpc) is 3.23. The number of fused-ring (bicyclic) bond motifs is 1. The van der Waals surface area contributed by atoms with Crippen LogP contribution in [0.1, 0.15) is 67.3 Å². The lowest BCUT2D eigenvalue weighted by atomic mass is 9.85. The lowest BCUT2D eigenvalue weighted by Gasteiger charge is -2.27. The molecule has 1 unspecified atom stereocenters. The van der Waals surface area contributed by atoms with Crippen LogP contribution in [-0.2, 0) is 5.41 Å². The Morgan fingerprint density at radius 2 is 1.87 bits per heavy atom. The molecule has 0 saturated heterocycles. The summed E-state index contributed by atoms with van der Waals surface area (Å²) in [6.07, 6.45) is 0.845. The predicted molar refractivity (Wildman–Crippen MR) is 119 cm³/mol. The molecule has 2 N–H and O–H groups in total. The third-order valence-electron chi connectivity index (χ3n) is 5.63. The minimum Gasteiger partial charge on any atom is -0.507 e. The fourth-order valence-corrected chi connectivity index (χ4v) is 4.26. The number of hydrogen-bond acceptors (Lipinski definition) is 3. The molecule has 1 aliphatic heterocycles. The number of phenolic OH excluding ortho intramolecular Hbond substituents is 1. The Morgan fingerprint density at radius 3 is 2.50 bits per heavy atom. The molecule has 1 aromatic heterocycles. The summed E-state index contributed by atoms with van der Waals surface area (Å²) < 4.78 is 0. The molecule has 1 aliphatic rings. The van der Waals surface area contributed by atoms with E-state index in [-0.39, 0.29) is 23.1 Å². The first-order chi connectivity index (χ1) is 14.2. The van der Waals surface area contributed by atoms with Crippen LogP contribution in [0.3, 0.4) is 0 Å². The number of carbonyl (C=O) groups excluding carboxylic acids is 1. The third kappa shape index (κ3) is 3.37. The van der Waals surface area contributed by atoms with Gasteiger partial charge in [0.1, 0.15) is 17.1 Å². The van der Waals surface area contributed by atoms with E-state index in [9.17, 15) is 9.90 Å². The normalized spacial score (nSPS) is 16.2. The summed E-state index contributed by atoms with van der Waals surface area (Å²) in [6.45, 7) is 9.23. The Labute approximate surface area is 181 Å². The van der Waals surface area contributed by atoms with Crippen molar-refractivity contribution in [1.29, 1.82) is 0 Å². The molecule has 1 amide bonds. The van der Waals surface area contributed by atoms with Crippen LogP contribution in [0, 0.1) is 0 Å². The molecule has 6 heteroatoms. The molecule has 4 rings (SSSR count). The molecule has 30 heavy (non-hydrogen) atoms. The van der Waals surface area contributed by atoms with E-state index >= 15 is 0 Å². The highest BCUT2D eigenvalue weighted by Crippen LogP contribution is 2.45. The summed E-state index contributed by atoms with van der Waals surface area (Å²) in [5, 5.41) is 18.3. The zero-order valence-corrected chi connectivity index (χ0v) is 18.4. The highest BCUT2D eigenvalue weighted by Gasteiger charge is 2.42. The monoisotopic (exact) mass is 423 g/mol. The summed E-state index contributed by atoms with van der Waals surface area (Å²) >= 11 is 6.18. The maximum absolute atomic E-state index is 13.2. The fraction of sp³-hybridized carbons (Fsp3) is 0.333. The molecule has 0 bridgehead atoms. The molecule has 0 aliphatic carbocycles. The van der Waals surface area contributed by atoms with Gasteiger partial charge in [-0.2, -0.15) is 5.10 Å². The summed E-state index contributed by atoms with van der Waals surface area (Å²) in [7, 11) is 0. The number of carbonyl (C=O) groups is 1. The van der Waals surface area contributed by atoms with Gasteiger partial charge in [-0.25, -0.2) is 0 Å². The zero-order chi connectivity index (χ0) is 21.6. The van der Waals surface area contributed by atoms with Gasteiger partial charge >= 0.3 is 0 Å². The van der Waals surface area contributed by atoms with E-state index in [1.54, 1.807) is 18.2 Å². The maximum atomic E-state index is 13.2.